The summed E-state index contributed by atoms with van der Waals surface area (Å²) in [6, 6.07) is 16.6. The molecular formula is C23H23ClN3O4+. The molecule has 2 aromatic rings. The zero-order chi connectivity index (χ0) is 22.0. The van der Waals surface area contributed by atoms with Crippen molar-refractivity contribution in [3.8, 4) is 0 Å². The van der Waals surface area contributed by atoms with Crippen LogP contribution in [0.2, 0.25) is 0 Å². The molecule has 0 bridgehead atoms. The van der Waals surface area contributed by atoms with Gasteiger partial charge < -0.3 is 14.5 Å². The third-order valence-electron chi connectivity index (χ3n) is 5.64. The molecule has 4 rings (SSSR count). The first-order chi connectivity index (χ1) is 15.0. The smallest absolute Gasteiger partial charge is 0.339 e. The number of para-hydroxylation sites is 1. The summed E-state index contributed by atoms with van der Waals surface area (Å²) in [7, 11) is 1.25. The molecule has 1 fully saturated rings. The number of anilines is 1. The molecule has 160 valence electrons. The van der Waals surface area contributed by atoms with E-state index in [-0.39, 0.29) is 22.0 Å². The number of methoxy groups -OCH3 is 1. The molecule has 2 amide bonds. The normalized spacial score (nSPS) is 17.5. The molecule has 0 saturated carbocycles. The van der Waals surface area contributed by atoms with Crippen LogP contribution in [0.15, 0.2) is 65.3 Å². The van der Waals surface area contributed by atoms with Crippen molar-refractivity contribution >= 4 is 35.1 Å². The topological polar surface area (TPSA) is 71.4 Å². The van der Waals surface area contributed by atoms with Crippen LogP contribution >= 0.6 is 11.6 Å². The molecule has 2 heterocycles. The highest BCUT2D eigenvalue weighted by atomic mass is 35.5. The summed E-state index contributed by atoms with van der Waals surface area (Å²) >= 11 is 6.34. The Balaban J connectivity index is 1.50. The molecule has 7 nitrogen and oxygen atoms in total. The second kappa shape index (κ2) is 8.91. The van der Waals surface area contributed by atoms with E-state index in [1.165, 1.54) is 29.7 Å². The number of hydrogen-bond acceptors (Lipinski definition) is 5. The van der Waals surface area contributed by atoms with Gasteiger partial charge in [-0.25, -0.2) is 9.69 Å². The van der Waals surface area contributed by atoms with Gasteiger partial charge in [-0.05, 0) is 12.1 Å². The van der Waals surface area contributed by atoms with Gasteiger partial charge in [-0.1, -0.05) is 54.1 Å². The number of benzene rings is 2. The number of ether oxygens (including phenoxy) is 1. The Hall–Kier alpha value is -3.16. The highest BCUT2D eigenvalue weighted by Gasteiger charge is 2.43. The third-order valence-corrected chi connectivity index (χ3v) is 5.98. The SMILES string of the molecule is COC(=O)c1ccccc1N1C(=O)C(Cl)=C(N2CC[NH+](Cc3ccccc3)CC2)C1=O. The van der Waals surface area contributed by atoms with E-state index in [0.29, 0.717) is 13.1 Å². The predicted octanol–water partition coefficient (Wildman–Crippen LogP) is 1.20. The van der Waals surface area contributed by atoms with Gasteiger partial charge in [0.25, 0.3) is 11.8 Å². The van der Waals surface area contributed by atoms with E-state index in [4.69, 9.17) is 16.3 Å². The van der Waals surface area contributed by atoms with Crippen molar-refractivity contribution in [3.05, 3.63) is 76.5 Å². The molecule has 0 atom stereocenters. The lowest BCUT2D eigenvalue weighted by atomic mass is 10.1. The summed E-state index contributed by atoms with van der Waals surface area (Å²) in [6.07, 6.45) is 0. The fourth-order valence-corrected chi connectivity index (χ4v) is 4.33. The number of nitrogens with zero attached hydrogens (tertiary/aromatic N) is 2. The van der Waals surface area contributed by atoms with Crippen LogP contribution < -0.4 is 9.80 Å². The largest absolute Gasteiger partial charge is 0.465 e. The van der Waals surface area contributed by atoms with Gasteiger partial charge >= 0.3 is 5.97 Å². The van der Waals surface area contributed by atoms with Crippen LogP contribution in [0.25, 0.3) is 0 Å². The molecule has 1 N–H and O–H groups in total. The minimum absolute atomic E-state index is 0.115. The Bertz CT molecular complexity index is 1050. The summed E-state index contributed by atoms with van der Waals surface area (Å²) in [4.78, 5) is 42.5. The average molecular weight is 441 g/mol. The number of nitrogens with one attached hydrogen (secondary N) is 1. The molecule has 0 aliphatic carbocycles. The maximum atomic E-state index is 13.2. The summed E-state index contributed by atoms with van der Waals surface area (Å²) < 4.78 is 4.79. The molecule has 2 aromatic carbocycles. The molecule has 0 aromatic heterocycles. The lowest BCUT2D eigenvalue weighted by Crippen LogP contribution is -3.13. The summed E-state index contributed by atoms with van der Waals surface area (Å²) in [6.45, 7) is 3.77. The maximum absolute atomic E-state index is 13.2. The fourth-order valence-electron chi connectivity index (χ4n) is 4.04. The Labute approximate surface area is 185 Å². The van der Waals surface area contributed by atoms with Crippen molar-refractivity contribution in [2.45, 2.75) is 6.54 Å². The number of piperazine rings is 1. The van der Waals surface area contributed by atoms with E-state index >= 15 is 0 Å². The zero-order valence-electron chi connectivity index (χ0n) is 17.1. The first-order valence-corrected chi connectivity index (χ1v) is 10.5. The Kier molecular flexibility index (Phi) is 6.06. The van der Waals surface area contributed by atoms with Crippen molar-refractivity contribution < 1.29 is 24.0 Å². The molecule has 8 heteroatoms. The van der Waals surface area contributed by atoms with Crippen molar-refractivity contribution in [2.75, 3.05) is 38.2 Å². The minimum Gasteiger partial charge on any atom is -0.465 e. The van der Waals surface area contributed by atoms with Gasteiger partial charge in [-0.2, -0.15) is 0 Å². The van der Waals surface area contributed by atoms with Gasteiger partial charge in [0.2, 0.25) is 0 Å². The van der Waals surface area contributed by atoms with Crippen LogP contribution in [0.1, 0.15) is 15.9 Å². The standard InChI is InChI=1S/C23H22ClN3O4/c1-31-23(30)17-9-5-6-10-18(17)27-21(28)19(24)20(22(27)29)26-13-11-25(12-14-26)15-16-7-3-2-4-8-16/h2-10H,11-15H2,1H3/p+1. The Morgan fingerprint density at radius 3 is 2.32 bits per heavy atom. The van der Waals surface area contributed by atoms with Crippen LogP contribution in [0.3, 0.4) is 0 Å². The van der Waals surface area contributed by atoms with E-state index in [1.807, 2.05) is 23.1 Å². The summed E-state index contributed by atoms with van der Waals surface area (Å²) in [5.74, 6) is -1.77. The van der Waals surface area contributed by atoms with Crippen LogP contribution in [-0.2, 0) is 20.9 Å². The number of carbonyl (C=O) groups excluding carboxylic acids is 3. The Morgan fingerprint density at radius 2 is 1.65 bits per heavy atom. The second-order valence-corrected chi connectivity index (χ2v) is 7.89. The molecule has 2 aliphatic rings. The minimum atomic E-state index is -0.628. The first kappa shape index (κ1) is 21.1. The number of hydrogen-bond donors (Lipinski definition) is 1. The second-order valence-electron chi connectivity index (χ2n) is 7.52. The Morgan fingerprint density at radius 1 is 1.00 bits per heavy atom. The fraction of sp³-hybridized carbons (Fsp3) is 0.261. The third kappa shape index (κ3) is 4.06. The maximum Gasteiger partial charge on any atom is 0.339 e. The van der Waals surface area contributed by atoms with Crippen molar-refractivity contribution in [1.82, 2.24) is 4.90 Å². The van der Waals surface area contributed by atoms with Crippen LogP contribution in [0.4, 0.5) is 5.69 Å². The molecule has 1 saturated heterocycles. The predicted molar refractivity (Wildman–Crippen MR) is 116 cm³/mol. The van der Waals surface area contributed by atoms with Gasteiger partial charge in [0.1, 0.15) is 17.3 Å². The highest BCUT2D eigenvalue weighted by Crippen LogP contribution is 2.33. The number of quaternary nitrogens is 1. The first-order valence-electron chi connectivity index (χ1n) is 10.1. The number of imide groups is 1. The van der Waals surface area contributed by atoms with Gasteiger partial charge in [0, 0.05) is 5.56 Å². The lowest BCUT2D eigenvalue weighted by molar-refractivity contribution is -0.917. The van der Waals surface area contributed by atoms with E-state index < -0.39 is 17.8 Å². The van der Waals surface area contributed by atoms with Crippen molar-refractivity contribution in [1.29, 1.82) is 0 Å². The van der Waals surface area contributed by atoms with Crippen molar-refractivity contribution in [2.24, 2.45) is 0 Å². The molecule has 0 spiro atoms. The van der Waals surface area contributed by atoms with E-state index in [2.05, 4.69) is 12.1 Å². The summed E-state index contributed by atoms with van der Waals surface area (Å²) in [5.41, 5.74) is 1.77. The van der Waals surface area contributed by atoms with E-state index in [1.54, 1.807) is 12.1 Å². The quantitative estimate of drug-likeness (QED) is 0.559. The number of amides is 2. The number of halogens is 1. The monoisotopic (exact) mass is 440 g/mol. The molecular weight excluding hydrogens is 418 g/mol. The van der Waals surface area contributed by atoms with Crippen LogP contribution in [-0.4, -0.2) is 56.0 Å². The van der Waals surface area contributed by atoms with Gasteiger partial charge in [0.15, 0.2) is 0 Å². The summed E-state index contributed by atoms with van der Waals surface area (Å²) in [5, 5.41) is -0.115. The number of carbonyl (C=O) groups is 3. The average Bonchev–Trinajstić information content (AvgIpc) is 3.02. The van der Waals surface area contributed by atoms with Crippen LogP contribution in [0.5, 0.6) is 0 Å². The lowest BCUT2D eigenvalue weighted by Gasteiger charge is -2.34. The molecule has 0 unspecified atom stereocenters. The zero-order valence-corrected chi connectivity index (χ0v) is 17.9. The molecule has 0 radical (unpaired) electrons. The highest BCUT2D eigenvalue weighted by molar-refractivity contribution is 6.52. The van der Waals surface area contributed by atoms with Gasteiger partial charge in [-0.3, -0.25) is 9.59 Å². The van der Waals surface area contributed by atoms with E-state index in [9.17, 15) is 14.4 Å². The number of rotatable bonds is 5. The van der Waals surface area contributed by atoms with Gasteiger partial charge in [-0.15, -0.1) is 0 Å². The van der Waals surface area contributed by atoms with Gasteiger partial charge in [0.05, 0.1) is 44.5 Å². The van der Waals surface area contributed by atoms with E-state index in [0.717, 1.165) is 24.5 Å². The van der Waals surface area contributed by atoms with Crippen molar-refractivity contribution in [3.63, 3.8) is 0 Å². The van der Waals surface area contributed by atoms with Crippen LogP contribution in [0, 0.1) is 0 Å². The molecule has 2 aliphatic heterocycles. The number of esters is 1. The molecule has 31 heavy (non-hydrogen) atoms.